The summed E-state index contributed by atoms with van der Waals surface area (Å²) in [5.41, 5.74) is 5.18. The molecule has 1 fully saturated rings. The highest BCUT2D eigenvalue weighted by Crippen LogP contribution is 2.33. The van der Waals surface area contributed by atoms with Gasteiger partial charge in [-0.2, -0.15) is 0 Å². The summed E-state index contributed by atoms with van der Waals surface area (Å²) in [5.74, 6) is 0.776. The fourth-order valence-electron chi connectivity index (χ4n) is 1.42. The Hall–Kier alpha value is -0.130. The molecule has 0 aliphatic heterocycles. The van der Waals surface area contributed by atoms with Gasteiger partial charge in [0, 0.05) is 12.6 Å². The molecule has 1 unspecified atom stereocenters. The lowest BCUT2D eigenvalue weighted by atomic mass is 10.2. The minimum absolute atomic E-state index is 0.0298. The molecule has 0 radical (unpaired) electrons. The summed E-state index contributed by atoms with van der Waals surface area (Å²) in [6.07, 6.45) is 3.47. The van der Waals surface area contributed by atoms with Crippen LogP contribution in [0.4, 0.5) is 0 Å². The third-order valence-corrected chi connectivity index (χ3v) is 3.69. The number of sulfonamides is 1. The molecule has 1 aliphatic carbocycles. The van der Waals surface area contributed by atoms with Crippen molar-refractivity contribution < 1.29 is 8.42 Å². The van der Waals surface area contributed by atoms with Crippen LogP contribution in [0.2, 0.25) is 0 Å². The molecule has 0 spiro atoms. The first-order valence-electron chi connectivity index (χ1n) is 4.73. The van der Waals surface area contributed by atoms with Gasteiger partial charge in [-0.1, -0.05) is 12.8 Å². The van der Waals surface area contributed by atoms with E-state index in [9.17, 15) is 8.42 Å². The van der Waals surface area contributed by atoms with Gasteiger partial charge in [0.1, 0.15) is 0 Å². The zero-order valence-corrected chi connectivity index (χ0v) is 8.81. The number of hydrogen-bond acceptors (Lipinski definition) is 3. The van der Waals surface area contributed by atoms with E-state index in [1.165, 1.54) is 12.8 Å². The number of nitrogens with one attached hydrogen (secondary N) is 1. The van der Waals surface area contributed by atoms with Crippen LogP contribution < -0.4 is 10.5 Å². The molecule has 5 heteroatoms. The summed E-state index contributed by atoms with van der Waals surface area (Å²) in [4.78, 5) is 0. The van der Waals surface area contributed by atoms with Gasteiger partial charge in [0.2, 0.25) is 10.0 Å². The van der Waals surface area contributed by atoms with Crippen molar-refractivity contribution in [2.45, 2.75) is 32.2 Å². The minimum atomic E-state index is -3.12. The summed E-state index contributed by atoms with van der Waals surface area (Å²) < 4.78 is 25.1. The number of nitrogens with two attached hydrogens (primary N) is 1. The highest BCUT2D eigenvalue weighted by Gasteiger charge is 2.25. The molecule has 1 rings (SSSR count). The van der Waals surface area contributed by atoms with E-state index < -0.39 is 10.0 Å². The van der Waals surface area contributed by atoms with Crippen LogP contribution >= 0.6 is 0 Å². The number of rotatable bonds is 6. The van der Waals surface area contributed by atoms with Crippen molar-refractivity contribution in [3.8, 4) is 0 Å². The molecule has 78 valence electrons. The van der Waals surface area contributed by atoms with E-state index >= 15 is 0 Å². The van der Waals surface area contributed by atoms with E-state index in [-0.39, 0.29) is 18.3 Å². The fraction of sp³-hybridized carbons (Fsp3) is 1.00. The topological polar surface area (TPSA) is 72.2 Å². The van der Waals surface area contributed by atoms with Crippen molar-refractivity contribution in [1.29, 1.82) is 0 Å². The van der Waals surface area contributed by atoms with Crippen LogP contribution in [0.5, 0.6) is 0 Å². The Morgan fingerprint density at radius 1 is 1.54 bits per heavy atom. The van der Waals surface area contributed by atoms with Gasteiger partial charge >= 0.3 is 0 Å². The molecule has 4 nitrogen and oxygen atoms in total. The van der Waals surface area contributed by atoms with Crippen molar-refractivity contribution in [3.05, 3.63) is 0 Å². The van der Waals surface area contributed by atoms with Crippen molar-refractivity contribution in [1.82, 2.24) is 4.72 Å². The second kappa shape index (κ2) is 4.39. The minimum Gasteiger partial charge on any atom is -0.329 e. The van der Waals surface area contributed by atoms with Crippen LogP contribution in [-0.2, 0) is 10.0 Å². The van der Waals surface area contributed by atoms with E-state index in [4.69, 9.17) is 5.73 Å². The molecule has 1 aliphatic rings. The van der Waals surface area contributed by atoms with Gasteiger partial charge < -0.3 is 5.73 Å². The Kier molecular flexibility index (Phi) is 3.70. The summed E-state index contributed by atoms with van der Waals surface area (Å²) in [5, 5.41) is 0. The summed E-state index contributed by atoms with van der Waals surface area (Å²) in [7, 11) is -3.12. The van der Waals surface area contributed by atoms with Crippen molar-refractivity contribution in [2.24, 2.45) is 11.7 Å². The molecule has 0 amide bonds. The highest BCUT2D eigenvalue weighted by molar-refractivity contribution is 7.89. The van der Waals surface area contributed by atoms with Gasteiger partial charge in [0.25, 0.3) is 0 Å². The average Bonchev–Trinajstić information content (AvgIpc) is 2.68. The SMILES string of the molecule is CC(CC1CC1)NS(=O)(=O)CCN. The molecule has 0 aromatic heterocycles. The molecule has 0 aromatic rings. The largest absolute Gasteiger partial charge is 0.329 e. The monoisotopic (exact) mass is 206 g/mol. The lowest BCUT2D eigenvalue weighted by Crippen LogP contribution is -2.36. The average molecular weight is 206 g/mol. The van der Waals surface area contributed by atoms with Crippen molar-refractivity contribution >= 4 is 10.0 Å². The van der Waals surface area contributed by atoms with Crippen LogP contribution in [0.25, 0.3) is 0 Å². The molecule has 0 heterocycles. The fourth-order valence-corrected chi connectivity index (χ4v) is 2.56. The molecule has 3 N–H and O–H groups in total. The van der Waals surface area contributed by atoms with Gasteiger partial charge in [-0.15, -0.1) is 0 Å². The first-order valence-corrected chi connectivity index (χ1v) is 6.39. The standard InChI is InChI=1S/C8H18N2O2S/c1-7(6-8-2-3-8)10-13(11,12)5-4-9/h7-8,10H,2-6,9H2,1H3. The Balaban J connectivity index is 2.28. The first kappa shape index (κ1) is 10.9. The zero-order valence-electron chi connectivity index (χ0n) is 7.99. The third-order valence-electron chi connectivity index (χ3n) is 2.15. The van der Waals surface area contributed by atoms with Crippen LogP contribution in [0, 0.1) is 5.92 Å². The molecule has 0 bridgehead atoms. The van der Waals surface area contributed by atoms with Gasteiger partial charge in [-0.3, -0.25) is 0 Å². The second-order valence-electron chi connectivity index (χ2n) is 3.81. The molecule has 0 aromatic carbocycles. The lowest BCUT2D eigenvalue weighted by Gasteiger charge is -2.12. The molecule has 13 heavy (non-hydrogen) atoms. The molecule has 0 saturated heterocycles. The molecular formula is C8H18N2O2S. The van der Waals surface area contributed by atoms with Crippen molar-refractivity contribution in [2.75, 3.05) is 12.3 Å². The Bertz CT molecular complexity index is 247. The van der Waals surface area contributed by atoms with E-state index in [1.54, 1.807) is 0 Å². The summed E-state index contributed by atoms with van der Waals surface area (Å²) in [6.45, 7) is 2.10. The van der Waals surface area contributed by atoms with Gasteiger partial charge in [0.05, 0.1) is 5.75 Å². The van der Waals surface area contributed by atoms with Crippen LogP contribution in [0.15, 0.2) is 0 Å². The zero-order chi connectivity index (χ0) is 9.90. The van der Waals surface area contributed by atoms with E-state index in [0.29, 0.717) is 0 Å². The van der Waals surface area contributed by atoms with Gasteiger partial charge in [-0.05, 0) is 19.3 Å². The first-order chi connectivity index (χ1) is 6.03. The van der Waals surface area contributed by atoms with E-state index in [1.807, 2.05) is 6.92 Å². The normalized spacial score (nSPS) is 20.2. The molecular weight excluding hydrogens is 188 g/mol. The maximum absolute atomic E-state index is 11.3. The van der Waals surface area contributed by atoms with E-state index in [2.05, 4.69) is 4.72 Å². The van der Waals surface area contributed by atoms with Crippen LogP contribution in [-0.4, -0.2) is 26.8 Å². The Morgan fingerprint density at radius 3 is 2.62 bits per heavy atom. The summed E-state index contributed by atoms with van der Waals surface area (Å²) >= 11 is 0. The third kappa shape index (κ3) is 4.59. The Morgan fingerprint density at radius 2 is 2.15 bits per heavy atom. The van der Waals surface area contributed by atoms with Crippen molar-refractivity contribution in [3.63, 3.8) is 0 Å². The predicted octanol–water partition coefficient (Wildman–Crippen LogP) is 0.0531. The number of hydrogen-bond donors (Lipinski definition) is 2. The molecule has 1 saturated carbocycles. The van der Waals surface area contributed by atoms with E-state index in [0.717, 1.165) is 12.3 Å². The summed E-state index contributed by atoms with van der Waals surface area (Å²) in [6, 6.07) is 0.0593. The van der Waals surface area contributed by atoms with Crippen LogP contribution in [0.1, 0.15) is 26.2 Å². The maximum atomic E-state index is 11.3. The smallest absolute Gasteiger partial charge is 0.213 e. The van der Waals surface area contributed by atoms with Gasteiger partial charge in [-0.25, -0.2) is 13.1 Å². The van der Waals surface area contributed by atoms with Crippen LogP contribution in [0.3, 0.4) is 0 Å². The molecule has 1 atom stereocenters. The van der Waals surface area contributed by atoms with Gasteiger partial charge in [0.15, 0.2) is 0 Å². The lowest BCUT2D eigenvalue weighted by molar-refractivity contribution is 0.530. The quantitative estimate of drug-likeness (QED) is 0.645. The Labute approximate surface area is 79.9 Å². The maximum Gasteiger partial charge on any atom is 0.213 e. The highest BCUT2D eigenvalue weighted by atomic mass is 32.2. The second-order valence-corrected chi connectivity index (χ2v) is 5.68. The predicted molar refractivity (Wildman–Crippen MR) is 52.8 cm³/mol.